The molecule has 1 N–H and O–H groups in total. The third-order valence-electron chi connectivity index (χ3n) is 2.12. The average molecular weight is 247 g/mol. The predicted octanol–water partition coefficient (Wildman–Crippen LogP) is 2.74. The van der Waals surface area contributed by atoms with Crippen molar-refractivity contribution in [3.05, 3.63) is 40.7 Å². The van der Waals surface area contributed by atoms with Gasteiger partial charge in [0.15, 0.2) is 6.33 Å². The Bertz CT molecular complexity index is 575. The highest BCUT2D eigenvalue weighted by Crippen LogP contribution is 2.25. The molecule has 0 unspecified atom stereocenters. The van der Waals surface area contributed by atoms with Gasteiger partial charge in [0.2, 0.25) is 0 Å². The number of ether oxygens (including phenoxy) is 1. The third kappa shape index (κ3) is 2.48. The smallest absolute Gasteiger partial charge is 0.369 e. The molecule has 0 aliphatic carbocycles. The summed E-state index contributed by atoms with van der Waals surface area (Å²) < 4.78 is 4.99. The van der Waals surface area contributed by atoms with Crippen molar-refractivity contribution in [3.8, 4) is 5.75 Å². The van der Waals surface area contributed by atoms with Crippen LogP contribution in [0.15, 0.2) is 40.8 Å². The fourth-order valence-electron chi connectivity index (χ4n) is 1.24. The maximum absolute atomic E-state index is 10.6. The number of nitrogens with one attached hydrogen (secondary N) is 1. The van der Waals surface area contributed by atoms with Crippen LogP contribution in [-0.4, -0.2) is 22.0 Å². The molecule has 0 amide bonds. The summed E-state index contributed by atoms with van der Waals surface area (Å²) in [5, 5.41) is 18.2. The van der Waals surface area contributed by atoms with Gasteiger partial charge in [0, 0.05) is 0 Å². The Morgan fingerprint density at radius 2 is 2.06 bits per heavy atom. The molecule has 0 aliphatic rings. The molecule has 1 aromatic heterocycles. The van der Waals surface area contributed by atoms with E-state index in [1.165, 1.54) is 6.33 Å². The second kappa shape index (κ2) is 5.04. The van der Waals surface area contributed by atoms with E-state index in [-0.39, 0.29) is 11.6 Å². The minimum absolute atomic E-state index is 0.0594. The molecular formula is C10H9N5O3. The molecule has 2 aromatic rings. The minimum atomic E-state index is -0.602. The van der Waals surface area contributed by atoms with E-state index in [0.717, 1.165) is 0 Å². The fourth-order valence-corrected chi connectivity index (χ4v) is 1.24. The molecule has 0 saturated carbocycles. The Balaban J connectivity index is 2.19. The van der Waals surface area contributed by atoms with E-state index in [1.807, 2.05) is 0 Å². The Kier molecular flexibility index (Phi) is 3.28. The Labute approximate surface area is 101 Å². The van der Waals surface area contributed by atoms with E-state index in [0.29, 0.717) is 11.4 Å². The van der Waals surface area contributed by atoms with Crippen LogP contribution in [0.1, 0.15) is 0 Å². The second-order valence-electron chi connectivity index (χ2n) is 3.23. The highest BCUT2D eigenvalue weighted by molar-refractivity contribution is 5.46. The number of aromatic nitrogens is 2. The predicted molar refractivity (Wildman–Crippen MR) is 62.4 cm³/mol. The van der Waals surface area contributed by atoms with Crippen molar-refractivity contribution >= 4 is 17.3 Å². The topological polar surface area (TPSA) is 106 Å². The van der Waals surface area contributed by atoms with Crippen LogP contribution >= 0.6 is 0 Å². The molecule has 0 aliphatic heterocycles. The van der Waals surface area contributed by atoms with Crippen LogP contribution in [0.25, 0.3) is 0 Å². The van der Waals surface area contributed by atoms with Gasteiger partial charge in [0.05, 0.1) is 12.8 Å². The van der Waals surface area contributed by atoms with E-state index < -0.39 is 4.92 Å². The van der Waals surface area contributed by atoms with Crippen molar-refractivity contribution < 1.29 is 9.66 Å². The lowest BCUT2D eigenvalue weighted by Crippen LogP contribution is -1.87. The zero-order chi connectivity index (χ0) is 13.0. The summed E-state index contributed by atoms with van der Waals surface area (Å²) in [6.45, 7) is 0. The first-order chi connectivity index (χ1) is 8.70. The molecule has 8 heteroatoms. The van der Waals surface area contributed by atoms with Crippen molar-refractivity contribution in [1.82, 2.24) is 9.97 Å². The van der Waals surface area contributed by atoms with Crippen LogP contribution in [0.5, 0.6) is 5.75 Å². The maximum Gasteiger partial charge on any atom is 0.369 e. The first-order valence-electron chi connectivity index (χ1n) is 4.94. The van der Waals surface area contributed by atoms with Crippen LogP contribution in [0.3, 0.4) is 0 Å². The lowest BCUT2D eigenvalue weighted by molar-refractivity contribution is -0.388. The molecular weight excluding hydrogens is 238 g/mol. The van der Waals surface area contributed by atoms with E-state index in [9.17, 15) is 10.1 Å². The Hall–Kier alpha value is -2.77. The monoisotopic (exact) mass is 247 g/mol. The summed E-state index contributed by atoms with van der Waals surface area (Å²) in [5.74, 6) is 0.350. The van der Waals surface area contributed by atoms with Gasteiger partial charge in [-0.05, 0) is 29.2 Å². The molecule has 0 spiro atoms. The van der Waals surface area contributed by atoms with Crippen LogP contribution in [0, 0.1) is 10.1 Å². The lowest BCUT2D eigenvalue weighted by Gasteiger charge is -1.97. The van der Waals surface area contributed by atoms with Gasteiger partial charge in [0.25, 0.3) is 5.82 Å². The number of rotatable bonds is 4. The fraction of sp³-hybridized carbons (Fsp3) is 0.100. The molecule has 0 bridgehead atoms. The van der Waals surface area contributed by atoms with Crippen molar-refractivity contribution in [2.24, 2.45) is 10.2 Å². The van der Waals surface area contributed by atoms with E-state index in [2.05, 4.69) is 20.2 Å². The van der Waals surface area contributed by atoms with Crippen LogP contribution in [-0.2, 0) is 0 Å². The highest BCUT2D eigenvalue weighted by Gasteiger charge is 2.14. The summed E-state index contributed by atoms with van der Waals surface area (Å²) in [5.41, 5.74) is 0.549. The van der Waals surface area contributed by atoms with Crippen LogP contribution in [0.2, 0.25) is 0 Å². The molecule has 1 aromatic carbocycles. The lowest BCUT2D eigenvalue weighted by atomic mass is 10.3. The first-order valence-corrected chi connectivity index (χ1v) is 4.94. The number of imidazole rings is 1. The summed E-state index contributed by atoms with van der Waals surface area (Å²) in [7, 11) is 1.56. The summed E-state index contributed by atoms with van der Waals surface area (Å²) >= 11 is 0. The highest BCUT2D eigenvalue weighted by atomic mass is 16.6. The van der Waals surface area contributed by atoms with Crippen LogP contribution in [0.4, 0.5) is 17.3 Å². The van der Waals surface area contributed by atoms with Gasteiger partial charge in [0.1, 0.15) is 5.75 Å². The normalized spacial score (nSPS) is 10.7. The van der Waals surface area contributed by atoms with E-state index in [1.54, 1.807) is 31.4 Å². The third-order valence-corrected chi connectivity index (χ3v) is 2.12. The quantitative estimate of drug-likeness (QED) is 0.509. The molecule has 0 radical (unpaired) electrons. The molecule has 18 heavy (non-hydrogen) atoms. The van der Waals surface area contributed by atoms with Crippen molar-refractivity contribution in [1.29, 1.82) is 0 Å². The number of nitro groups is 1. The van der Waals surface area contributed by atoms with E-state index in [4.69, 9.17) is 4.74 Å². The second-order valence-corrected chi connectivity index (χ2v) is 3.23. The molecule has 8 nitrogen and oxygen atoms in total. The van der Waals surface area contributed by atoms with Gasteiger partial charge < -0.3 is 14.9 Å². The zero-order valence-electron chi connectivity index (χ0n) is 9.40. The van der Waals surface area contributed by atoms with Crippen molar-refractivity contribution in [3.63, 3.8) is 0 Å². The number of benzene rings is 1. The number of hydrogen-bond acceptors (Lipinski definition) is 6. The number of methoxy groups -OCH3 is 1. The standard InChI is InChI=1S/C10H9N5O3/c1-18-8-4-2-7(3-5-8)13-14-9-10(15(16)17)12-6-11-9/h2-6H,1H3,(H,11,12). The number of H-pyrrole nitrogens is 1. The van der Waals surface area contributed by atoms with Crippen molar-refractivity contribution in [2.75, 3.05) is 7.11 Å². The van der Waals surface area contributed by atoms with Gasteiger partial charge in [-0.1, -0.05) is 0 Å². The number of azo groups is 1. The molecule has 1 heterocycles. The van der Waals surface area contributed by atoms with Gasteiger partial charge in [-0.15, -0.1) is 10.2 Å². The van der Waals surface area contributed by atoms with Gasteiger partial charge >= 0.3 is 5.82 Å². The van der Waals surface area contributed by atoms with Gasteiger partial charge in [-0.25, -0.2) is 4.98 Å². The molecule has 0 fully saturated rings. The average Bonchev–Trinajstić information content (AvgIpc) is 2.85. The molecule has 0 saturated heterocycles. The molecule has 92 valence electrons. The summed E-state index contributed by atoms with van der Waals surface area (Å²) in [6.07, 6.45) is 1.19. The number of nitrogens with zero attached hydrogens (tertiary/aromatic N) is 4. The number of hydrogen-bond donors (Lipinski definition) is 1. The molecule has 2 rings (SSSR count). The maximum atomic E-state index is 10.6. The van der Waals surface area contributed by atoms with Gasteiger partial charge in [-0.2, -0.15) is 4.98 Å². The Morgan fingerprint density at radius 3 is 2.67 bits per heavy atom. The van der Waals surface area contributed by atoms with Gasteiger partial charge in [-0.3, -0.25) is 0 Å². The molecule has 0 atom stereocenters. The zero-order valence-corrected chi connectivity index (χ0v) is 9.40. The van der Waals surface area contributed by atoms with Crippen LogP contribution < -0.4 is 4.74 Å². The SMILES string of the molecule is COc1ccc(N=Nc2nc[nH]c2[N+](=O)[O-])cc1. The van der Waals surface area contributed by atoms with Crippen molar-refractivity contribution in [2.45, 2.75) is 0 Å². The minimum Gasteiger partial charge on any atom is -0.497 e. The number of aromatic amines is 1. The summed E-state index contributed by atoms with van der Waals surface area (Å²) in [6, 6.07) is 6.79. The largest absolute Gasteiger partial charge is 0.497 e. The summed E-state index contributed by atoms with van der Waals surface area (Å²) in [4.78, 5) is 16.1. The first kappa shape index (κ1) is 11.7. The van der Waals surface area contributed by atoms with E-state index >= 15 is 0 Å². The Morgan fingerprint density at radius 1 is 1.33 bits per heavy atom.